The van der Waals surface area contributed by atoms with Crippen LogP contribution in [0.3, 0.4) is 0 Å². The second-order valence-electron chi connectivity index (χ2n) is 2.49. The van der Waals surface area contributed by atoms with Crippen LogP contribution >= 0.6 is 11.3 Å². The highest BCUT2D eigenvalue weighted by Gasteiger charge is 2.32. The number of nitrogens with two attached hydrogens (primary N) is 1. The number of thiophene rings is 1. The normalized spacial score (nSPS) is 14.5. The Morgan fingerprint density at radius 1 is 1.54 bits per heavy atom. The van der Waals surface area contributed by atoms with Gasteiger partial charge in [-0.25, -0.2) is 0 Å². The monoisotopic (exact) mass is 211 g/mol. The molecule has 13 heavy (non-hydrogen) atoms. The van der Waals surface area contributed by atoms with Crippen molar-refractivity contribution in [3.05, 3.63) is 21.9 Å². The van der Waals surface area contributed by atoms with Gasteiger partial charge in [0.05, 0.1) is 5.56 Å². The van der Waals surface area contributed by atoms with Crippen molar-refractivity contribution in [2.75, 3.05) is 6.54 Å². The summed E-state index contributed by atoms with van der Waals surface area (Å²) in [7, 11) is 0. The third kappa shape index (κ3) is 2.43. The fraction of sp³-hybridized carbons (Fsp3) is 0.429. The van der Waals surface area contributed by atoms with Crippen LogP contribution in [0.2, 0.25) is 0 Å². The molecule has 0 aliphatic rings. The molecule has 0 aromatic carbocycles. The Kier molecular flexibility index (Phi) is 2.94. The third-order valence-corrected chi connectivity index (χ3v) is 2.53. The van der Waals surface area contributed by atoms with Gasteiger partial charge in [0.25, 0.3) is 0 Å². The van der Waals surface area contributed by atoms with Crippen LogP contribution in [0.5, 0.6) is 0 Å². The van der Waals surface area contributed by atoms with E-state index in [2.05, 4.69) is 0 Å². The number of hydrogen-bond donors (Lipinski definition) is 2. The number of rotatable bonds is 2. The Morgan fingerprint density at radius 2 is 2.15 bits per heavy atom. The van der Waals surface area contributed by atoms with Crippen LogP contribution in [0, 0.1) is 0 Å². The summed E-state index contributed by atoms with van der Waals surface area (Å²) in [6, 6.07) is 0.919. The first-order valence-electron chi connectivity index (χ1n) is 3.49. The average molecular weight is 211 g/mol. The molecule has 1 heterocycles. The third-order valence-electron chi connectivity index (χ3n) is 1.50. The molecular weight excluding hydrogens is 203 g/mol. The van der Waals surface area contributed by atoms with Crippen molar-refractivity contribution in [1.82, 2.24) is 0 Å². The molecule has 1 rings (SSSR count). The molecule has 3 N–H and O–H groups in total. The van der Waals surface area contributed by atoms with Crippen LogP contribution in [0.4, 0.5) is 13.2 Å². The molecule has 2 nitrogen and oxygen atoms in total. The van der Waals surface area contributed by atoms with Gasteiger partial charge < -0.3 is 10.8 Å². The Bertz CT molecular complexity index is 284. The predicted octanol–water partition coefficient (Wildman–Crippen LogP) is 1.76. The van der Waals surface area contributed by atoms with Gasteiger partial charge in [0.2, 0.25) is 0 Å². The first-order chi connectivity index (χ1) is 5.95. The summed E-state index contributed by atoms with van der Waals surface area (Å²) >= 11 is 0.859. The molecular formula is C7H8F3NOS. The van der Waals surface area contributed by atoms with Crippen molar-refractivity contribution >= 4 is 11.3 Å². The first kappa shape index (κ1) is 10.5. The van der Waals surface area contributed by atoms with Crippen LogP contribution in [0.25, 0.3) is 0 Å². The van der Waals surface area contributed by atoms with E-state index in [1.807, 2.05) is 0 Å². The van der Waals surface area contributed by atoms with Gasteiger partial charge >= 0.3 is 6.18 Å². The Labute approximate surface area is 76.8 Å². The standard InChI is InChI=1S/C7H8F3NOS/c8-7(9,10)4-1-6(13-3-4)5(12)2-11/h1,3,5,12H,2,11H2. The molecule has 1 aromatic heterocycles. The maximum Gasteiger partial charge on any atom is 0.417 e. The zero-order chi connectivity index (χ0) is 10.1. The summed E-state index contributed by atoms with van der Waals surface area (Å²) < 4.78 is 36.2. The molecule has 1 unspecified atom stereocenters. The van der Waals surface area contributed by atoms with Gasteiger partial charge in [-0.3, -0.25) is 0 Å². The van der Waals surface area contributed by atoms with Crippen molar-refractivity contribution in [3.63, 3.8) is 0 Å². The quantitative estimate of drug-likeness (QED) is 0.783. The number of hydrogen-bond acceptors (Lipinski definition) is 3. The lowest BCUT2D eigenvalue weighted by atomic mass is 10.2. The maximum absolute atomic E-state index is 12.1. The molecule has 0 fully saturated rings. The zero-order valence-electron chi connectivity index (χ0n) is 6.51. The highest BCUT2D eigenvalue weighted by molar-refractivity contribution is 7.10. The van der Waals surface area contributed by atoms with Gasteiger partial charge in [0.15, 0.2) is 0 Å². The minimum Gasteiger partial charge on any atom is -0.386 e. The van der Waals surface area contributed by atoms with Crippen LogP contribution in [0.15, 0.2) is 11.4 Å². The van der Waals surface area contributed by atoms with Crippen molar-refractivity contribution in [2.24, 2.45) is 5.73 Å². The van der Waals surface area contributed by atoms with Crippen LogP contribution in [-0.2, 0) is 6.18 Å². The van der Waals surface area contributed by atoms with Gasteiger partial charge in [0, 0.05) is 16.8 Å². The van der Waals surface area contributed by atoms with E-state index in [1.165, 1.54) is 0 Å². The molecule has 0 saturated carbocycles. The summed E-state index contributed by atoms with van der Waals surface area (Å²) in [6.07, 6.45) is -5.34. The molecule has 0 aliphatic heterocycles. The topological polar surface area (TPSA) is 46.2 Å². The number of aliphatic hydroxyl groups is 1. The van der Waals surface area contributed by atoms with Crippen LogP contribution in [0.1, 0.15) is 16.5 Å². The van der Waals surface area contributed by atoms with E-state index in [9.17, 15) is 13.2 Å². The van der Waals surface area contributed by atoms with E-state index in [-0.39, 0.29) is 11.4 Å². The molecule has 0 amide bonds. The molecule has 0 radical (unpaired) electrons. The predicted molar refractivity (Wildman–Crippen MR) is 43.3 cm³/mol. The fourth-order valence-corrected chi connectivity index (χ4v) is 1.71. The van der Waals surface area contributed by atoms with Gasteiger partial charge in [-0.15, -0.1) is 11.3 Å². The van der Waals surface area contributed by atoms with Crippen molar-refractivity contribution in [1.29, 1.82) is 0 Å². The molecule has 1 aromatic rings. The molecule has 6 heteroatoms. The van der Waals surface area contributed by atoms with Crippen molar-refractivity contribution < 1.29 is 18.3 Å². The van der Waals surface area contributed by atoms with E-state index in [0.29, 0.717) is 0 Å². The van der Waals surface area contributed by atoms with E-state index in [4.69, 9.17) is 10.8 Å². The number of halogens is 3. The summed E-state index contributed by atoms with van der Waals surface area (Å²) in [5.74, 6) is 0. The van der Waals surface area contributed by atoms with Gasteiger partial charge in [0.1, 0.15) is 6.10 Å². The van der Waals surface area contributed by atoms with E-state index in [1.54, 1.807) is 0 Å². The second-order valence-corrected chi connectivity index (χ2v) is 3.43. The van der Waals surface area contributed by atoms with Crippen LogP contribution < -0.4 is 5.73 Å². The zero-order valence-corrected chi connectivity index (χ0v) is 7.32. The first-order valence-corrected chi connectivity index (χ1v) is 4.37. The Balaban J connectivity index is 2.87. The number of aliphatic hydroxyl groups excluding tert-OH is 1. The smallest absolute Gasteiger partial charge is 0.386 e. The van der Waals surface area contributed by atoms with Gasteiger partial charge in [-0.1, -0.05) is 0 Å². The van der Waals surface area contributed by atoms with Gasteiger partial charge in [-0.05, 0) is 6.07 Å². The lowest BCUT2D eigenvalue weighted by Gasteiger charge is -2.03. The molecule has 74 valence electrons. The maximum atomic E-state index is 12.1. The SMILES string of the molecule is NCC(O)c1cc(C(F)(F)F)cs1. The Morgan fingerprint density at radius 3 is 2.54 bits per heavy atom. The lowest BCUT2D eigenvalue weighted by Crippen LogP contribution is -2.10. The fourth-order valence-electron chi connectivity index (χ4n) is 0.792. The molecule has 0 saturated heterocycles. The highest BCUT2D eigenvalue weighted by atomic mass is 32.1. The summed E-state index contributed by atoms with van der Waals surface area (Å²) in [4.78, 5) is 0.245. The molecule has 0 aliphatic carbocycles. The van der Waals surface area contributed by atoms with Crippen LogP contribution in [-0.4, -0.2) is 11.7 Å². The largest absolute Gasteiger partial charge is 0.417 e. The van der Waals surface area contributed by atoms with Crippen molar-refractivity contribution in [2.45, 2.75) is 12.3 Å². The minimum absolute atomic E-state index is 0.0716. The molecule has 0 spiro atoms. The number of alkyl halides is 3. The molecule has 0 bridgehead atoms. The second kappa shape index (κ2) is 3.65. The van der Waals surface area contributed by atoms with E-state index < -0.39 is 17.8 Å². The highest BCUT2D eigenvalue weighted by Crippen LogP contribution is 2.34. The molecule has 1 atom stereocenters. The summed E-state index contributed by atoms with van der Waals surface area (Å²) in [5, 5.41) is 10.1. The van der Waals surface area contributed by atoms with E-state index >= 15 is 0 Å². The summed E-state index contributed by atoms with van der Waals surface area (Å²) in [5.41, 5.74) is 4.36. The lowest BCUT2D eigenvalue weighted by molar-refractivity contribution is -0.137. The Hall–Kier alpha value is -0.590. The minimum atomic E-state index is -4.34. The van der Waals surface area contributed by atoms with E-state index in [0.717, 1.165) is 22.8 Å². The average Bonchev–Trinajstić information content (AvgIpc) is 2.50. The summed E-state index contributed by atoms with van der Waals surface area (Å²) in [6.45, 7) is -0.0716. The van der Waals surface area contributed by atoms with Gasteiger partial charge in [-0.2, -0.15) is 13.2 Å². The van der Waals surface area contributed by atoms with Crippen molar-refractivity contribution in [3.8, 4) is 0 Å².